The Morgan fingerprint density at radius 2 is 1.78 bits per heavy atom. The first-order valence-electron chi connectivity index (χ1n) is 10.6. The summed E-state index contributed by atoms with van der Waals surface area (Å²) < 4.78 is 32.4. The molecule has 174 valence electrons. The van der Waals surface area contributed by atoms with Crippen LogP contribution in [0, 0.1) is 5.92 Å². The monoisotopic (exact) mass is 479 g/mol. The van der Waals surface area contributed by atoms with Crippen LogP contribution >= 0.6 is 11.6 Å². The van der Waals surface area contributed by atoms with Gasteiger partial charge in [-0.3, -0.25) is 4.79 Å². The molecule has 1 N–H and O–H groups in total. The molecule has 1 saturated heterocycles. The fourth-order valence-corrected chi connectivity index (χ4v) is 5.64. The number of hydrogen-bond acceptors (Lipinski definition) is 5. The van der Waals surface area contributed by atoms with Crippen LogP contribution in [0.4, 0.5) is 0 Å². The summed E-state index contributed by atoms with van der Waals surface area (Å²) in [4.78, 5) is 15.0. The van der Waals surface area contributed by atoms with Crippen LogP contribution in [-0.4, -0.2) is 64.4 Å². The molecular formula is C23H30ClN3O4S. The number of halogens is 1. The largest absolute Gasteiger partial charge is 0.497 e. The van der Waals surface area contributed by atoms with E-state index in [2.05, 4.69) is 5.32 Å². The molecule has 1 amide bonds. The van der Waals surface area contributed by atoms with E-state index >= 15 is 0 Å². The van der Waals surface area contributed by atoms with Crippen molar-refractivity contribution in [3.63, 3.8) is 0 Å². The van der Waals surface area contributed by atoms with Gasteiger partial charge in [-0.15, -0.1) is 0 Å². The summed E-state index contributed by atoms with van der Waals surface area (Å²) in [6, 6.07) is 13.9. The third-order valence-corrected chi connectivity index (χ3v) is 8.14. The molecule has 0 radical (unpaired) electrons. The molecule has 32 heavy (non-hydrogen) atoms. The summed E-state index contributed by atoms with van der Waals surface area (Å²) >= 11 is 6.34. The van der Waals surface area contributed by atoms with Crippen LogP contribution in [-0.2, 0) is 14.8 Å². The highest BCUT2D eigenvalue weighted by atomic mass is 35.5. The lowest BCUT2D eigenvalue weighted by molar-refractivity contribution is -0.126. The summed E-state index contributed by atoms with van der Waals surface area (Å²) in [6.45, 7) is 1.06. The molecule has 0 saturated carbocycles. The minimum atomic E-state index is -3.59. The summed E-state index contributed by atoms with van der Waals surface area (Å²) in [5.41, 5.74) is 0.958. The quantitative estimate of drug-likeness (QED) is 0.629. The lowest BCUT2D eigenvalue weighted by Crippen LogP contribution is -2.44. The number of rotatable bonds is 8. The average Bonchev–Trinajstić information content (AvgIpc) is 2.80. The Balaban J connectivity index is 1.57. The molecule has 3 rings (SSSR count). The van der Waals surface area contributed by atoms with Crippen molar-refractivity contribution >= 4 is 27.5 Å². The van der Waals surface area contributed by atoms with E-state index in [1.54, 1.807) is 24.3 Å². The molecule has 1 atom stereocenters. The molecule has 0 bridgehead atoms. The van der Waals surface area contributed by atoms with Gasteiger partial charge in [0.25, 0.3) is 0 Å². The van der Waals surface area contributed by atoms with Crippen LogP contribution in [0.5, 0.6) is 5.75 Å². The van der Waals surface area contributed by atoms with Crippen molar-refractivity contribution in [2.24, 2.45) is 5.92 Å². The Hall–Kier alpha value is -2.13. The zero-order valence-corrected chi connectivity index (χ0v) is 20.2. The molecule has 0 aromatic heterocycles. The minimum Gasteiger partial charge on any atom is -0.497 e. The number of hydrogen-bond donors (Lipinski definition) is 1. The fraction of sp³-hybridized carbons (Fsp3) is 0.435. The number of carbonyl (C=O) groups excluding carboxylic acids is 1. The molecule has 1 heterocycles. The molecule has 1 fully saturated rings. The van der Waals surface area contributed by atoms with Crippen molar-refractivity contribution < 1.29 is 17.9 Å². The Labute approximate surface area is 195 Å². The summed E-state index contributed by atoms with van der Waals surface area (Å²) in [5, 5.41) is 3.70. The number of piperidine rings is 1. The summed E-state index contributed by atoms with van der Waals surface area (Å²) in [6.07, 6.45) is 0.972. The lowest BCUT2D eigenvalue weighted by Gasteiger charge is -2.31. The van der Waals surface area contributed by atoms with Crippen molar-refractivity contribution in [3.05, 3.63) is 59.1 Å². The highest BCUT2D eigenvalue weighted by Gasteiger charge is 2.32. The fourth-order valence-electron chi connectivity index (χ4n) is 3.91. The summed E-state index contributed by atoms with van der Waals surface area (Å²) in [7, 11) is 1.84. The first-order valence-corrected chi connectivity index (χ1v) is 12.4. The zero-order valence-electron chi connectivity index (χ0n) is 18.6. The Kier molecular flexibility index (Phi) is 8.16. The van der Waals surface area contributed by atoms with E-state index in [0.717, 1.165) is 5.56 Å². The topological polar surface area (TPSA) is 79.0 Å². The van der Waals surface area contributed by atoms with Crippen LogP contribution in [0.15, 0.2) is 53.4 Å². The zero-order chi connectivity index (χ0) is 23.3. The number of ether oxygens (including phenoxy) is 1. The number of amides is 1. The van der Waals surface area contributed by atoms with Gasteiger partial charge in [0, 0.05) is 30.6 Å². The standard InChI is InChI=1S/C23H30ClN3O4S/c1-26(2)22(20-6-4-5-7-21(20)24)16-25-23(28)17-12-14-27(15-13-17)32(29,30)19-10-8-18(31-3)9-11-19/h4-11,17,22H,12-16H2,1-3H3,(H,25,28)/t22-/m1/s1. The van der Waals surface area contributed by atoms with E-state index in [1.165, 1.54) is 11.4 Å². The number of sulfonamides is 1. The average molecular weight is 480 g/mol. The number of likely N-dealkylation sites (N-methyl/N-ethyl adjacent to an activating group) is 1. The summed E-state index contributed by atoms with van der Waals surface area (Å²) in [5.74, 6) is 0.337. The molecule has 1 aliphatic rings. The van der Waals surface area contributed by atoms with Gasteiger partial charge in [0.1, 0.15) is 5.75 Å². The van der Waals surface area contributed by atoms with Gasteiger partial charge in [0.05, 0.1) is 18.0 Å². The van der Waals surface area contributed by atoms with E-state index in [-0.39, 0.29) is 22.8 Å². The number of methoxy groups -OCH3 is 1. The van der Waals surface area contributed by atoms with Gasteiger partial charge in [-0.25, -0.2) is 8.42 Å². The maximum Gasteiger partial charge on any atom is 0.243 e. The number of nitrogens with one attached hydrogen (secondary N) is 1. The SMILES string of the molecule is COc1ccc(S(=O)(=O)N2CCC(C(=O)NC[C@H](c3ccccc3Cl)N(C)C)CC2)cc1. The van der Waals surface area contributed by atoms with Crippen LogP contribution in [0.3, 0.4) is 0 Å². The highest BCUT2D eigenvalue weighted by molar-refractivity contribution is 7.89. The van der Waals surface area contributed by atoms with Gasteiger partial charge in [-0.05, 0) is 62.8 Å². The maximum atomic E-state index is 12.9. The molecule has 0 aliphatic carbocycles. The van der Waals surface area contributed by atoms with E-state index in [1.807, 2.05) is 43.3 Å². The Bertz CT molecular complexity index is 1020. The smallest absolute Gasteiger partial charge is 0.243 e. The van der Waals surface area contributed by atoms with Crippen molar-refractivity contribution in [3.8, 4) is 5.75 Å². The van der Waals surface area contributed by atoms with Gasteiger partial charge in [0.15, 0.2) is 0 Å². The number of nitrogens with zero attached hydrogens (tertiary/aromatic N) is 2. The predicted molar refractivity (Wildman–Crippen MR) is 125 cm³/mol. The second kappa shape index (κ2) is 10.7. The van der Waals surface area contributed by atoms with Crippen LogP contribution in [0.2, 0.25) is 5.02 Å². The molecule has 9 heteroatoms. The highest BCUT2D eigenvalue weighted by Crippen LogP contribution is 2.27. The lowest BCUT2D eigenvalue weighted by atomic mass is 9.97. The molecule has 2 aromatic carbocycles. The molecule has 0 unspecified atom stereocenters. The van der Waals surface area contributed by atoms with Crippen molar-refractivity contribution in [1.29, 1.82) is 0 Å². The van der Waals surface area contributed by atoms with Gasteiger partial charge >= 0.3 is 0 Å². The van der Waals surface area contributed by atoms with Crippen LogP contribution in [0.25, 0.3) is 0 Å². The third kappa shape index (κ3) is 5.61. The van der Waals surface area contributed by atoms with Crippen molar-refractivity contribution in [2.75, 3.05) is 40.8 Å². The first-order chi connectivity index (χ1) is 15.2. The van der Waals surface area contributed by atoms with Gasteiger partial charge in [-0.1, -0.05) is 29.8 Å². The van der Waals surface area contributed by atoms with E-state index in [9.17, 15) is 13.2 Å². The van der Waals surface area contributed by atoms with Gasteiger partial charge in [0.2, 0.25) is 15.9 Å². The van der Waals surface area contributed by atoms with Gasteiger partial charge in [-0.2, -0.15) is 4.31 Å². The van der Waals surface area contributed by atoms with Gasteiger partial charge < -0.3 is 15.0 Å². The molecule has 7 nitrogen and oxygen atoms in total. The Morgan fingerprint density at radius 1 is 1.16 bits per heavy atom. The molecule has 0 spiro atoms. The second-order valence-electron chi connectivity index (χ2n) is 8.10. The maximum absolute atomic E-state index is 12.9. The molecule has 1 aliphatic heterocycles. The number of benzene rings is 2. The van der Waals surface area contributed by atoms with E-state index < -0.39 is 10.0 Å². The number of carbonyl (C=O) groups is 1. The predicted octanol–water partition coefficient (Wildman–Crippen LogP) is 3.17. The minimum absolute atomic E-state index is 0.0506. The Morgan fingerprint density at radius 3 is 2.34 bits per heavy atom. The van der Waals surface area contributed by atoms with E-state index in [0.29, 0.717) is 43.2 Å². The molecule has 2 aromatic rings. The van der Waals surface area contributed by atoms with Crippen molar-refractivity contribution in [2.45, 2.75) is 23.8 Å². The van der Waals surface area contributed by atoms with Crippen LogP contribution in [0.1, 0.15) is 24.4 Å². The van der Waals surface area contributed by atoms with Crippen molar-refractivity contribution in [1.82, 2.24) is 14.5 Å². The van der Waals surface area contributed by atoms with E-state index in [4.69, 9.17) is 16.3 Å². The molecular weight excluding hydrogens is 450 g/mol. The normalized spacial score (nSPS) is 16.7. The third-order valence-electron chi connectivity index (χ3n) is 5.88. The second-order valence-corrected chi connectivity index (χ2v) is 10.4. The first kappa shape index (κ1) is 24.5. The van der Waals surface area contributed by atoms with Crippen LogP contribution < -0.4 is 10.1 Å².